The Labute approximate surface area is 97.4 Å². The van der Waals surface area contributed by atoms with Crippen LogP contribution in [0, 0.1) is 6.92 Å². The molecule has 0 fully saturated rings. The molecule has 16 heavy (non-hydrogen) atoms. The average molecular weight is 232 g/mol. The Kier molecular flexibility index (Phi) is 11.9. The third-order valence-electron chi connectivity index (χ3n) is 1.74. The molecule has 0 aliphatic heterocycles. The molecule has 1 N–H and O–H groups in total. The summed E-state index contributed by atoms with van der Waals surface area (Å²) in [6.45, 7) is 9.48. The standard InChI is InChI=1S/C11H22NO4/c1-3-14-7-8-16-10-9-15-6-4-5-12-11(2)13/h2-10H2,1H3,(H,12,13). The second kappa shape index (κ2) is 12.4. The third kappa shape index (κ3) is 13.4. The van der Waals surface area contributed by atoms with Crippen molar-refractivity contribution in [3.63, 3.8) is 0 Å². The van der Waals surface area contributed by atoms with E-state index in [1.54, 1.807) is 0 Å². The van der Waals surface area contributed by atoms with Crippen LogP contribution in [-0.4, -0.2) is 52.1 Å². The molecule has 0 heterocycles. The van der Waals surface area contributed by atoms with Gasteiger partial charge in [0.05, 0.1) is 26.4 Å². The Bertz CT molecular complexity index is 164. The smallest absolute Gasteiger partial charge is 0.220 e. The number of rotatable bonds is 11. The fourth-order valence-electron chi connectivity index (χ4n) is 0.986. The predicted molar refractivity (Wildman–Crippen MR) is 61.1 cm³/mol. The molecule has 0 atom stereocenters. The molecule has 0 unspecified atom stereocenters. The van der Waals surface area contributed by atoms with Gasteiger partial charge in [-0.05, 0) is 13.3 Å². The number of ether oxygens (including phenoxy) is 3. The SMILES string of the molecule is [CH2]C(=O)NCCCOCCOCCOCC. The number of amides is 1. The molecule has 0 aromatic carbocycles. The van der Waals surface area contributed by atoms with Crippen LogP contribution in [0.2, 0.25) is 0 Å². The molecule has 0 saturated carbocycles. The number of hydrogen-bond donors (Lipinski definition) is 1. The van der Waals surface area contributed by atoms with Crippen molar-refractivity contribution in [2.45, 2.75) is 13.3 Å². The second-order valence-corrected chi connectivity index (χ2v) is 3.13. The lowest BCUT2D eigenvalue weighted by Gasteiger charge is -2.06. The zero-order valence-electron chi connectivity index (χ0n) is 10.00. The fraction of sp³-hybridized carbons (Fsp3) is 0.818. The molecular weight excluding hydrogens is 210 g/mol. The van der Waals surface area contributed by atoms with Gasteiger partial charge >= 0.3 is 0 Å². The molecule has 0 aromatic rings. The lowest BCUT2D eigenvalue weighted by molar-refractivity contribution is -0.116. The van der Waals surface area contributed by atoms with Crippen molar-refractivity contribution in [2.24, 2.45) is 0 Å². The molecule has 0 aliphatic carbocycles. The maximum absolute atomic E-state index is 10.4. The van der Waals surface area contributed by atoms with Crippen molar-refractivity contribution >= 4 is 5.91 Å². The molecule has 1 radical (unpaired) electrons. The highest BCUT2D eigenvalue weighted by Crippen LogP contribution is 1.83. The molecule has 1 amide bonds. The van der Waals surface area contributed by atoms with E-state index < -0.39 is 0 Å². The molecule has 0 saturated heterocycles. The quantitative estimate of drug-likeness (QED) is 0.524. The van der Waals surface area contributed by atoms with Gasteiger partial charge in [-0.2, -0.15) is 0 Å². The van der Waals surface area contributed by atoms with Crippen molar-refractivity contribution < 1.29 is 19.0 Å². The first kappa shape index (κ1) is 15.3. The van der Waals surface area contributed by atoms with E-state index in [2.05, 4.69) is 12.2 Å². The third-order valence-corrected chi connectivity index (χ3v) is 1.74. The van der Waals surface area contributed by atoms with E-state index in [4.69, 9.17) is 14.2 Å². The highest BCUT2D eigenvalue weighted by atomic mass is 16.5. The van der Waals surface area contributed by atoms with E-state index >= 15 is 0 Å². The monoisotopic (exact) mass is 232 g/mol. The molecule has 0 spiro atoms. The van der Waals surface area contributed by atoms with Gasteiger partial charge < -0.3 is 19.5 Å². The molecule has 0 aliphatic rings. The normalized spacial score (nSPS) is 10.4. The molecule has 0 rings (SSSR count). The van der Waals surface area contributed by atoms with Gasteiger partial charge in [-0.3, -0.25) is 4.79 Å². The highest BCUT2D eigenvalue weighted by Gasteiger charge is 1.92. The average Bonchev–Trinajstić information content (AvgIpc) is 2.25. The first-order chi connectivity index (χ1) is 7.77. The highest BCUT2D eigenvalue weighted by molar-refractivity contribution is 5.79. The first-order valence-corrected chi connectivity index (χ1v) is 5.60. The molecule has 5 nitrogen and oxygen atoms in total. The van der Waals surface area contributed by atoms with Crippen LogP contribution in [0.1, 0.15) is 13.3 Å². The number of carbonyl (C=O) groups is 1. The van der Waals surface area contributed by atoms with Gasteiger partial charge in [0, 0.05) is 26.7 Å². The minimum atomic E-state index is -0.251. The minimum Gasteiger partial charge on any atom is -0.379 e. The first-order valence-electron chi connectivity index (χ1n) is 5.60. The van der Waals surface area contributed by atoms with Crippen LogP contribution in [0.25, 0.3) is 0 Å². The van der Waals surface area contributed by atoms with Gasteiger partial charge in [0.1, 0.15) is 0 Å². The van der Waals surface area contributed by atoms with Crippen LogP contribution < -0.4 is 5.32 Å². The molecule has 0 aromatic heterocycles. The van der Waals surface area contributed by atoms with Crippen LogP contribution in [-0.2, 0) is 19.0 Å². The summed E-state index contributed by atoms with van der Waals surface area (Å²) in [5.74, 6) is -0.251. The maximum atomic E-state index is 10.4. The zero-order chi connectivity index (χ0) is 12.1. The Balaban J connectivity index is 2.90. The van der Waals surface area contributed by atoms with Crippen molar-refractivity contribution in [1.29, 1.82) is 0 Å². The molecule has 0 bridgehead atoms. The van der Waals surface area contributed by atoms with Gasteiger partial charge in [0.15, 0.2) is 0 Å². The number of carbonyl (C=O) groups excluding carboxylic acids is 1. The molecule has 95 valence electrons. The van der Waals surface area contributed by atoms with Crippen molar-refractivity contribution in [1.82, 2.24) is 5.32 Å². The molecular formula is C11H22NO4. The van der Waals surface area contributed by atoms with Gasteiger partial charge in [-0.25, -0.2) is 0 Å². The van der Waals surface area contributed by atoms with E-state index in [9.17, 15) is 4.79 Å². The summed E-state index contributed by atoms with van der Waals surface area (Å²) in [6.07, 6.45) is 0.792. The summed E-state index contributed by atoms with van der Waals surface area (Å²) < 4.78 is 15.6. The van der Waals surface area contributed by atoms with Gasteiger partial charge in [0.2, 0.25) is 5.91 Å². The Hall–Kier alpha value is -0.650. The lowest BCUT2D eigenvalue weighted by atomic mass is 10.4. The van der Waals surface area contributed by atoms with Crippen molar-refractivity contribution in [2.75, 3.05) is 46.2 Å². The maximum Gasteiger partial charge on any atom is 0.220 e. The van der Waals surface area contributed by atoms with Crippen molar-refractivity contribution in [3.8, 4) is 0 Å². The van der Waals surface area contributed by atoms with E-state index in [0.717, 1.165) is 13.0 Å². The summed E-state index contributed by atoms with van der Waals surface area (Å²) in [4.78, 5) is 10.4. The second-order valence-electron chi connectivity index (χ2n) is 3.13. The minimum absolute atomic E-state index is 0.251. The van der Waals surface area contributed by atoms with Crippen molar-refractivity contribution in [3.05, 3.63) is 6.92 Å². The zero-order valence-corrected chi connectivity index (χ0v) is 10.00. The lowest BCUT2D eigenvalue weighted by Crippen LogP contribution is -2.22. The number of hydrogen-bond acceptors (Lipinski definition) is 4. The summed E-state index contributed by atoms with van der Waals surface area (Å²) in [6, 6.07) is 0. The topological polar surface area (TPSA) is 56.8 Å². The van der Waals surface area contributed by atoms with Crippen LogP contribution in [0.5, 0.6) is 0 Å². The predicted octanol–water partition coefficient (Wildman–Crippen LogP) is 0.396. The fourth-order valence-corrected chi connectivity index (χ4v) is 0.986. The summed E-state index contributed by atoms with van der Waals surface area (Å²) >= 11 is 0. The number of nitrogens with one attached hydrogen (secondary N) is 1. The molecule has 5 heteroatoms. The summed E-state index contributed by atoms with van der Waals surface area (Å²) in [5, 5.41) is 2.59. The van der Waals surface area contributed by atoms with Crippen LogP contribution in [0.15, 0.2) is 0 Å². The Morgan fingerprint density at radius 3 is 2.19 bits per heavy atom. The van der Waals surface area contributed by atoms with Gasteiger partial charge in [0.25, 0.3) is 0 Å². The summed E-state index contributed by atoms with van der Waals surface area (Å²) in [5.41, 5.74) is 0. The summed E-state index contributed by atoms with van der Waals surface area (Å²) in [7, 11) is 0. The van der Waals surface area contributed by atoms with Gasteiger partial charge in [-0.1, -0.05) is 0 Å². The Morgan fingerprint density at radius 2 is 1.62 bits per heavy atom. The van der Waals surface area contributed by atoms with E-state index in [1.165, 1.54) is 0 Å². The Morgan fingerprint density at radius 1 is 1.06 bits per heavy atom. The van der Waals surface area contributed by atoms with Crippen LogP contribution in [0.3, 0.4) is 0 Å². The van der Waals surface area contributed by atoms with Gasteiger partial charge in [-0.15, -0.1) is 0 Å². The largest absolute Gasteiger partial charge is 0.379 e. The van der Waals surface area contributed by atoms with E-state index in [0.29, 0.717) is 39.6 Å². The van der Waals surface area contributed by atoms with E-state index in [-0.39, 0.29) is 5.91 Å². The van der Waals surface area contributed by atoms with Crippen LogP contribution >= 0.6 is 0 Å². The van der Waals surface area contributed by atoms with Crippen LogP contribution in [0.4, 0.5) is 0 Å². The van der Waals surface area contributed by atoms with E-state index in [1.807, 2.05) is 6.92 Å².